The Balaban J connectivity index is 0.000000218. The molecule has 2 N–H and O–H groups in total. The standard InChI is InChI=1S/C6H13N.C2H7NO/c1-6-4-3-5-7(6)2;1-2-4-3/h6H,3-5H2,1-2H3;2-3H2,1H3. The molecular weight excluding hydrogens is 140 g/mol. The maximum Gasteiger partial charge on any atom is 0.0651 e. The first-order chi connectivity index (χ1) is 5.22. The summed E-state index contributed by atoms with van der Waals surface area (Å²) in [5.41, 5.74) is 0. The summed E-state index contributed by atoms with van der Waals surface area (Å²) in [5.74, 6) is 4.53. The van der Waals surface area contributed by atoms with Crippen molar-refractivity contribution in [2.75, 3.05) is 20.2 Å². The summed E-state index contributed by atoms with van der Waals surface area (Å²) in [6.07, 6.45) is 2.80. The fourth-order valence-electron chi connectivity index (χ4n) is 1.08. The molecule has 68 valence electrons. The number of nitrogens with two attached hydrogens (primary N) is 1. The lowest BCUT2D eigenvalue weighted by Gasteiger charge is -2.12. The highest BCUT2D eigenvalue weighted by Gasteiger charge is 2.14. The number of rotatable bonds is 1. The first-order valence-corrected chi connectivity index (χ1v) is 4.24. The SMILES string of the molecule is CC1CCCN1C.CCON. The van der Waals surface area contributed by atoms with E-state index >= 15 is 0 Å². The predicted molar refractivity (Wildman–Crippen MR) is 47.1 cm³/mol. The van der Waals surface area contributed by atoms with Gasteiger partial charge in [-0.1, -0.05) is 0 Å². The molecule has 1 aliphatic rings. The second kappa shape index (κ2) is 6.58. The minimum Gasteiger partial charge on any atom is -0.305 e. The van der Waals surface area contributed by atoms with Crippen LogP contribution in [0.5, 0.6) is 0 Å². The predicted octanol–water partition coefficient (Wildman–Crippen LogP) is 0.997. The van der Waals surface area contributed by atoms with Gasteiger partial charge in [-0.25, -0.2) is 5.90 Å². The molecule has 1 saturated heterocycles. The van der Waals surface area contributed by atoms with Crippen LogP contribution in [-0.2, 0) is 4.84 Å². The molecule has 0 aliphatic carbocycles. The lowest BCUT2D eigenvalue weighted by molar-refractivity contribution is 0.152. The van der Waals surface area contributed by atoms with Crippen LogP contribution in [0.2, 0.25) is 0 Å². The van der Waals surface area contributed by atoms with Gasteiger partial charge in [0, 0.05) is 6.04 Å². The van der Waals surface area contributed by atoms with Gasteiger partial charge in [0.05, 0.1) is 6.61 Å². The zero-order chi connectivity index (χ0) is 8.69. The van der Waals surface area contributed by atoms with Gasteiger partial charge in [-0.15, -0.1) is 0 Å². The maximum absolute atomic E-state index is 4.53. The smallest absolute Gasteiger partial charge is 0.0651 e. The van der Waals surface area contributed by atoms with E-state index in [2.05, 4.69) is 29.6 Å². The summed E-state index contributed by atoms with van der Waals surface area (Å²) in [6.45, 7) is 6.02. The van der Waals surface area contributed by atoms with Crippen molar-refractivity contribution in [1.29, 1.82) is 0 Å². The van der Waals surface area contributed by atoms with E-state index in [0.29, 0.717) is 6.61 Å². The Morgan fingerprint density at radius 3 is 2.27 bits per heavy atom. The summed E-state index contributed by atoms with van der Waals surface area (Å²) in [6, 6.07) is 0.847. The zero-order valence-electron chi connectivity index (χ0n) is 7.84. The van der Waals surface area contributed by atoms with Crippen molar-refractivity contribution >= 4 is 0 Å². The Labute approximate surface area is 69.5 Å². The van der Waals surface area contributed by atoms with Gasteiger partial charge >= 0.3 is 0 Å². The topological polar surface area (TPSA) is 38.5 Å². The summed E-state index contributed by atoms with van der Waals surface area (Å²) < 4.78 is 0. The average molecular weight is 160 g/mol. The summed E-state index contributed by atoms with van der Waals surface area (Å²) in [5, 5.41) is 0. The molecule has 0 aromatic rings. The number of nitrogens with zero attached hydrogens (tertiary/aromatic N) is 1. The Morgan fingerprint density at radius 2 is 2.18 bits per heavy atom. The molecular formula is C8H20N2O. The van der Waals surface area contributed by atoms with Crippen molar-refractivity contribution < 1.29 is 4.84 Å². The number of likely N-dealkylation sites (tertiary alicyclic amines) is 1. The molecule has 0 radical (unpaired) electrons. The average Bonchev–Trinajstić information content (AvgIpc) is 2.37. The maximum atomic E-state index is 4.53. The van der Waals surface area contributed by atoms with Crippen LogP contribution in [0.3, 0.4) is 0 Å². The summed E-state index contributed by atoms with van der Waals surface area (Å²) in [7, 11) is 2.19. The van der Waals surface area contributed by atoms with Crippen molar-refractivity contribution in [3.05, 3.63) is 0 Å². The van der Waals surface area contributed by atoms with Crippen molar-refractivity contribution in [2.24, 2.45) is 5.90 Å². The molecule has 0 aromatic heterocycles. The molecule has 1 fully saturated rings. The molecule has 1 rings (SSSR count). The highest BCUT2D eigenvalue weighted by Crippen LogP contribution is 2.12. The van der Waals surface area contributed by atoms with Gasteiger partial charge in [0.2, 0.25) is 0 Å². The van der Waals surface area contributed by atoms with Gasteiger partial charge in [0.1, 0.15) is 0 Å². The molecule has 0 bridgehead atoms. The zero-order valence-corrected chi connectivity index (χ0v) is 7.84. The molecule has 3 heteroatoms. The van der Waals surface area contributed by atoms with Gasteiger partial charge in [-0.05, 0) is 40.3 Å². The molecule has 1 heterocycles. The molecule has 1 unspecified atom stereocenters. The monoisotopic (exact) mass is 160 g/mol. The molecule has 0 spiro atoms. The molecule has 0 saturated carbocycles. The quantitative estimate of drug-likeness (QED) is 0.581. The molecule has 3 nitrogen and oxygen atoms in total. The molecule has 0 aromatic carbocycles. The Bertz CT molecular complexity index is 78.2. The van der Waals surface area contributed by atoms with E-state index in [1.54, 1.807) is 0 Å². The van der Waals surface area contributed by atoms with E-state index in [9.17, 15) is 0 Å². The van der Waals surface area contributed by atoms with Gasteiger partial charge in [-0.3, -0.25) is 0 Å². The van der Waals surface area contributed by atoms with Crippen molar-refractivity contribution in [3.63, 3.8) is 0 Å². The van der Waals surface area contributed by atoms with Crippen LogP contribution in [0.4, 0.5) is 0 Å². The van der Waals surface area contributed by atoms with Crippen LogP contribution >= 0.6 is 0 Å². The summed E-state index contributed by atoms with van der Waals surface area (Å²) in [4.78, 5) is 6.44. The molecule has 11 heavy (non-hydrogen) atoms. The second-order valence-corrected chi connectivity index (χ2v) is 2.93. The van der Waals surface area contributed by atoms with Gasteiger partial charge in [-0.2, -0.15) is 0 Å². The van der Waals surface area contributed by atoms with Crippen molar-refractivity contribution in [1.82, 2.24) is 4.90 Å². The van der Waals surface area contributed by atoms with E-state index in [1.165, 1.54) is 19.4 Å². The lowest BCUT2D eigenvalue weighted by atomic mass is 10.3. The van der Waals surface area contributed by atoms with Gasteiger partial charge in [0.25, 0.3) is 0 Å². The second-order valence-electron chi connectivity index (χ2n) is 2.93. The Morgan fingerprint density at radius 1 is 1.64 bits per heavy atom. The Hall–Kier alpha value is -0.120. The van der Waals surface area contributed by atoms with Crippen LogP contribution in [-0.4, -0.2) is 31.1 Å². The first kappa shape index (κ1) is 10.9. The third-order valence-electron chi connectivity index (χ3n) is 2.05. The normalized spacial score (nSPS) is 24.5. The molecule has 0 amide bonds. The van der Waals surface area contributed by atoms with Crippen LogP contribution in [0.15, 0.2) is 0 Å². The Kier molecular flexibility index (Phi) is 6.51. The van der Waals surface area contributed by atoms with E-state index in [4.69, 9.17) is 0 Å². The number of hydrogen-bond donors (Lipinski definition) is 1. The first-order valence-electron chi connectivity index (χ1n) is 4.24. The molecule has 1 aliphatic heterocycles. The third-order valence-corrected chi connectivity index (χ3v) is 2.05. The van der Waals surface area contributed by atoms with Crippen LogP contribution < -0.4 is 5.90 Å². The van der Waals surface area contributed by atoms with Gasteiger partial charge in [0.15, 0.2) is 0 Å². The molecule has 1 atom stereocenters. The number of hydrogen-bond acceptors (Lipinski definition) is 3. The highest BCUT2D eigenvalue weighted by atomic mass is 16.6. The van der Waals surface area contributed by atoms with Crippen LogP contribution in [0, 0.1) is 0 Å². The minimum absolute atomic E-state index is 0.597. The minimum atomic E-state index is 0.597. The van der Waals surface area contributed by atoms with Gasteiger partial charge < -0.3 is 9.74 Å². The van der Waals surface area contributed by atoms with E-state index < -0.39 is 0 Å². The van der Waals surface area contributed by atoms with Crippen molar-refractivity contribution in [3.8, 4) is 0 Å². The third kappa shape index (κ3) is 5.18. The fraction of sp³-hybridized carbons (Fsp3) is 1.00. The summed E-state index contributed by atoms with van der Waals surface area (Å²) >= 11 is 0. The highest BCUT2D eigenvalue weighted by molar-refractivity contribution is 4.70. The van der Waals surface area contributed by atoms with E-state index in [0.717, 1.165) is 6.04 Å². The fourth-order valence-corrected chi connectivity index (χ4v) is 1.08. The van der Waals surface area contributed by atoms with Crippen LogP contribution in [0.1, 0.15) is 26.7 Å². The largest absolute Gasteiger partial charge is 0.305 e. The lowest BCUT2D eigenvalue weighted by Crippen LogP contribution is -2.20. The van der Waals surface area contributed by atoms with E-state index in [-0.39, 0.29) is 0 Å². The van der Waals surface area contributed by atoms with E-state index in [1.807, 2.05) is 6.92 Å². The van der Waals surface area contributed by atoms with Crippen LogP contribution in [0.25, 0.3) is 0 Å². The van der Waals surface area contributed by atoms with Crippen molar-refractivity contribution in [2.45, 2.75) is 32.7 Å².